The first kappa shape index (κ1) is 12.1. The second-order valence-corrected chi connectivity index (χ2v) is 4.52. The van der Waals surface area contributed by atoms with Gasteiger partial charge in [-0.25, -0.2) is 0 Å². The molecule has 0 bridgehead atoms. The van der Waals surface area contributed by atoms with Crippen molar-refractivity contribution in [1.82, 2.24) is 14.8 Å². The van der Waals surface area contributed by atoms with E-state index in [0.717, 1.165) is 25.2 Å². The molecule has 1 aliphatic carbocycles. The summed E-state index contributed by atoms with van der Waals surface area (Å²) in [4.78, 5) is 12.0. The lowest BCUT2D eigenvalue weighted by Crippen LogP contribution is -2.25. The molecule has 94 valence electrons. The Bertz CT molecular complexity index is 383. The van der Waals surface area contributed by atoms with Crippen molar-refractivity contribution in [1.29, 1.82) is 0 Å². The maximum atomic E-state index is 12.0. The molecular weight excluding hydrogens is 218 g/mol. The number of methoxy groups -OCH3 is 1. The minimum Gasteiger partial charge on any atom is -0.468 e. The zero-order chi connectivity index (χ0) is 12.3. The van der Waals surface area contributed by atoms with Crippen molar-refractivity contribution in [2.75, 3.05) is 7.11 Å². The molecule has 1 atom stereocenters. The number of carbonyl (C=O) groups is 1. The largest absolute Gasteiger partial charge is 0.468 e. The fourth-order valence-electron chi connectivity index (χ4n) is 2.67. The van der Waals surface area contributed by atoms with Gasteiger partial charge in [0.05, 0.1) is 7.11 Å². The number of nitrogens with zero attached hydrogens (tertiary/aromatic N) is 3. The highest BCUT2D eigenvalue weighted by Gasteiger charge is 2.36. The van der Waals surface area contributed by atoms with E-state index in [1.165, 1.54) is 20.0 Å². The Balaban J connectivity index is 2.29. The van der Waals surface area contributed by atoms with E-state index in [4.69, 9.17) is 4.74 Å². The quantitative estimate of drug-likeness (QED) is 0.748. The Hall–Kier alpha value is -1.39. The summed E-state index contributed by atoms with van der Waals surface area (Å²) in [6, 6.07) is 0. The molecule has 17 heavy (non-hydrogen) atoms. The standard InChI is InChI=1S/C12H19N3O2/c1-3-15-8-13-14-11(15)10(12(16)17-2)9-6-4-5-7-9/h8-10H,3-7H2,1-2H3. The Morgan fingerprint density at radius 2 is 2.29 bits per heavy atom. The fourth-order valence-corrected chi connectivity index (χ4v) is 2.67. The lowest BCUT2D eigenvalue weighted by molar-refractivity contribution is -0.144. The fraction of sp³-hybridized carbons (Fsp3) is 0.750. The predicted octanol–water partition coefficient (Wildman–Crippen LogP) is 1.74. The van der Waals surface area contributed by atoms with Gasteiger partial charge in [-0.3, -0.25) is 4.79 Å². The number of aryl methyl sites for hydroxylation is 1. The molecule has 0 spiro atoms. The SMILES string of the molecule is CCn1cnnc1C(C(=O)OC)C1CCCC1. The molecule has 1 aromatic rings. The molecule has 1 unspecified atom stereocenters. The van der Waals surface area contributed by atoms with Crippen LogP contribution in [0.25, 0.3) is 0 Å². The number of carbonyl (C=O) groups excluding carboxylic acids is 1. The molecule has 0 aromatic carbocycles. The van der Waals surface area contributed by atoms with Crippen LogP contribution in [0.5, 0.6) is 0 Å². The molecule has 1 saturated carbocycles. The number of esters is 1. The van der Waals surface area contributed by atoms with Crippen molar-refractivity contribution in [3.63, 3.8) is 0 Å². The van der Waals surface area contributed by atoms with Crippen LogP contribution in [0.4, 0.5) is 0 Å². The minimum absolute atomic E-state index is 0.181. The number of hydrogen-bond acceptors (Lipinski definition) is 4. The highest BCUT2D eigenvalue weighted by Crippen LogP contribution is 2.37. The van der Waals surface area contributed by atoms with Crippen LogP contribution in [-0.2, 0) is 16.1 Å². The van der Waals surface area contributed by atoms with Gasteiger partial charge in [0, 0.05) is 6.54 Å². The van der Waals surface area contributed by atoms with Gasteiger partial charge in [-0.15, -0.1) is 10.2 Å². The van der Waals surface area contributed by atoms with Gasteiger partial charge in [-0.2, -0.15) is 0 Å². The monoisotopic (exact) mass is 237 g/mol. The van der Waals surface area contributed by atoms with Gasteiger partial charge < -0.3 is 9.30 Å². The third-order valence-electron chi connectivity index (χ3n) is 3.59. The summed E-state index contributed by atoms with van der Waals surface area (Å²) in [6.07, 6.45) is 6.23. The van der Waals surface area contributed by atoms with E-state index in [1.807, 2.05) is 11.5 Å². The number of aromatic nitrogens is 3. The van der Waals surface area contributed by atoms with Crippen molar-refractivity contribution in [2.24, 2.45) is 5.92 Å². The maximum Gasteiger partial charge on any atom is 0.316 e. The van der Waals surface area contributed by atoms with Gasteiger partial charge in [0.15, 0.2) is 0 Å². The zero-order valence-corrected chi connectivity index (χ0v) is 10.4. The minimum atomic E-state index is -0.245. The second-order valence-electron chi connectivity index (χ2n) is 4.52. The van der Waals surface area contributed by atoms with Crippen LogP contribution >= 0.6 is 0 Å². The Kier molecular flexibility index (Phi) is 3.76. The van der Waals surface area contributed by atoms with Crippen LogP contribution in [-0.4, -0.2) is 27.8 Å². The van der Waals surface area contributed by atoms with Crippen molar-refractivity contribution in [3.8, 4) is 0 Å². The van der Waals surface area contributed by atoms with Crippen LogP contribution in [0.15, 0.2) is 6.33 Å². The molecule has 0 amide bonds. The third-order valence-corrected chi connectivity index (χ3v) is 3.59. The van der Waals surface area contributed by atoms with Crippen molar-refractivity contribution >= 4 is 5.97 Å². The van der Waals surface area contributed by atoms with Crippen molar-refractivity contribution < 1.29 is 9.53 Å². The smallest absolute Gasteiger partial charge is 0.316 e. The molecule has 0 aliphatic heterocycles. The molecule has 0 radical (unpaired) electrons. The molecule has 0 saturated heterocycles. The van der Waals surface area contributed by atoms with E-state index in [9.17, 15) is 4.79 Å². The average molecular weight is 237 g/mol. The summed E-state index contributed by atoms with van der Waals surface area (Å²) < 4.78 is 6.86. The zero-order valence-electron chi connectivity index (χ0n) is 10.4. The average Bonchev–Trinajstić information content (AvgIpc) is 3.00. The molecule has 0 N–H and O–H groups in total. The van der Waals surface area contributed by atoms with Gasteiger partial charge >= 0.3 is 5.97 Å². The molecule has 1 heterocycles. The van der Waals surface area contributed by atoms with Crippen LogP contribution in [0.1, 0.15) is 44.3 Å². The first-order chi connectivity index (χ1) is 8.27. The van der Waals surface area contributed by atoms with E-state index >= 15 is 0 Å². The van der Waals surface area contributed by atoms with Gasteiger partial charge in [0.2, 0.25) is 0 Å². The summed E-state index contributed by atoms with van der Waals surface area (Å²) >= 11 is 0. The Morgan fingerprint density at radius 1 is 1.59 bits per heavy atom. The Morgan fingerprint density at radius 3 is 2.88 bits per heavy atom. The summed E-state index contributed by atoms with van der Waals surface area (Å²) in [6.45, 7) is 2.80. The summed E-state index contributed by atoms with van der Waals surface area (Å²) in [5, 5.41) is 8.02. The second kappa shape index (κ2) is 5.29. The molecular formula is C12H19N3O2. The van der Waals surface area contributed by atoms with E-state index in [0.29, 0.717) is 5.92 Å². The van der Waals surface area contributed by atoms with Gasteiger partial charge in [-0.05, 0) is 25.7 Å². The maximum absolute atomic E-state index is 12.0. The van der Waals surface area contributed by atoms with Crippen molar-refractivity contribution in [2.45, 2.75) is 45.1 Å². The first-order valence-electron chi connectivity index (χ1n) is 6.23. The molecule has 1 aromatic heterocycles. The summed E-state index contributed by atoms with van der Waals surface area (Å²) in [5.74, 6) is 0.688. The number of hydrogen-bond donors (Lipinski definition) is 0. The topological polar surface area (TPSA) is 57.0 Å². The van der Waals surface area contributed by atoms with Gasteiger partial charge in [-0.1, -0.05) is 12.8 Å². The third kappa shape index (κ3) is 2.33. The summed E-state index contributed by atoms with van der Waals surface area (Å²) in [5.41, 5.74) is 0. The van der Waals surface area contributed by atoms with Gasteiger partial charge in [0.1, 0.15) is 18.1 Å². The predicted molar refractivity (Wildman–Crippen MR) is 62.4 cm³/mol. The van der Waals surface area contributed by atoms with Crippen LogP contribution < -0.4 is 0 Å². The first-order valence-corrected chi connectivity index (χ1v) is 6.23. The van der Waals surface area contributed by atoms with Crippen LogP contribution in [0.2, 0.25) is 0 Å². The normalized spacial score (nSPS) is 18.2. The molecule has 1 aliphatic rings. The highest BCUT2D eigenvalue weighted by atomic mass is 16.5. The van der Waals surface area contributed by atoms with E-state index < -0.39 is 0 Å². The molecule has 5 nitrogen and oxygen atoms in total. The molecule has 1 fully saturated rings. The molecule has 2 rings (SSSR count). The van der Waals surface area contributed by atoms with Crippen LogP contribution in [0, 0.1) is 5.92 Å². The van der Waals surface area contributed by atoms with Crippen LogP contribution in [0.3, 0.4) is 0 Å². The van der Waals surface area contributed by atoms with E-state index in [2.05, 4.69) is 10.2 Å². The van der Waals surface area contributed by atoms with E-state index in [-0.39, 0.29) is 11.9 Å². The number of rotatable bonds is 4. The van der Waals surface area contributed by atoms with E-state index in [1.54, 1.807) is 6.33 Å². The molecule has 5 heteroatoms. The Labute approximate surface area is 101 Å². The van der Waals surface area contributed by atoms with Crippen molar-refractivity contribution in [3.05, 3.63) is 12.2 Å². The lowest BCUT2D eigenvalue weighted by atomic mass is 9.90. The number of ether oxygens (including phenoxy) is 1. The highest BCUT2D eigenvalue weighted by molar-refractivity contribution is 5.77. The summed E-state index contributed by atoms with van der Waals surface area (Å²) in [7, 11) is 1.44. The lowest BCUT2D eigenvalue weighted by Gasteiger charge is -2.20. The van der Waals surface area contributed by atoms with Gasteiger partial charge in [0.25, 0.3) is 0 Å².